The van der Waals surface area contributed by atoms with Crippen LogP contribution in [0.1, 0.15) is 29.2 Å². The first-order valence-corrected chi connectivity index (χ1v) is 7.95. The van der Waals surface area contributed by atoms with Crippen molar-refractivity contribution in [1.29, 1.82) is 0 Å². The van der Waals surface area contributed by atoms with Gasteiger partial charge in [0, 0.05) is 19.0 Å². The van der Waals surface area contributed by atoms with Crippen LogP contribution < -0.4 is 15.6 Å². The van der Waals surface area contributed by atoms with Gasteiger partial charge in [-0.25, -0.2) is 0 Å². The lowest BCUT2D eigenvalue weighted by atomic mass is 9.96. The molecule has 0 radical (unpaired) electrons. The van der Waals surface area contributed by atoms with Crippen molar-refractivity contribution in [3.8, 4) is 5.75 Å². The zero-order chi connectivity index (χ0) is 16.8. The van der Waals surface area contributed by atoms with Gasteiger partial charge in [-0.05, 0) is 19.4 Å². The molecule has 7 nitrogen and oxygen atoms in total. The van der Waals surface area contributed by atoms with E-state index in [0.29, 0.717) is 23.6 Å². The van der Waals surface area contributed by atoms with Crippen molar-refractivity contribution in [3.05, 3.63) is 45.4 Å². The van der Waals surface area contributed by atoms with Gasteiger partial charge in [0.15, 0.2) is 5.65 Å². The Hall–Kier alpha value is -2.83. The fourth-order valence-corrected chi connectivity index (χ4v) is 3.29. The summed E-state index contributed by atoms with van der Waals surface area (Å²) >= 11 is 0. The molecule has 0 aliphatic carbocycles. The van der Waals surface area contributed by atoms with Gasteiger partial charge in [0.25, 0.3) is 5.56 Å². The fraction of sp³-hybridized carbons (Fsp3) is 0.353. The van der Waals surface area contributed by atoms with E-state index < -0.39 is 0 Å². The molecule has 0 unspecified atom stereocenters. The first-order valence-electron chi connectivity index (χ1n) is 7.95. The third-order valence-electron chi connectivity index (χ3n) is 4.39. The topological polar surface area (TPSA) is 84.8 Å². The number of hydrogen-bond acceptors (Lipinski definition) is 5. The average molecular weight is 325 g/mol. The molecule has 7 heteroatoms. The smallest absolute Gasteiger partial charge is 0.263 e. The Morgan fingerprint density at radius 1 is 1.38 bits per heavy atom. The zero-order valence-corrected chi connectivity index (χ0v) is 13.9. The average Bonchev–Trinajstić information content (AvgIpc) is 2.90. The van der Waals surface area contributed by atoms with Gasteiger partial charge in [-0.15, -0.1) is 0 Å². The van der Waals surface area contributed by atoms with Crippen molar-refractivity contribution in [2.45, 2.75) is 26.3 Å². The summed E-state index contributed by atoms with van der Waals surface area (Å²) < 4.78 is 7.43. The van der Waals surface area contributed by atoms with Gasteiger partial charge in [-0.3, -0.25) is 14.5 Å². The lowest BCUT2D eigenvalue weighted by molar-refractivity contribution is 0.272. The fourth-order valence-electron chi connectivity index (χ4n) is 3.29. The Morgan fingerprint density at radius 3 is 3.04 bits per heavy atom. The molecule has 1 aliphatic rings. The molecule has 4 rings (SSSR count). The molecule has 0 fully saturated rings. The van der Waals surface area contributed by atoms with E-state index in [0.717, 1.165) is 23.3 Å². The highest BCUT2D eigenvalue weighted by Crippen LogP contribution is 2.37. The van der Waals surface area contributed by atoms with Crippen molar-refractivity contribution >= 4 is 17.0 Å². The molecule has 0 amide bonds. The second-order valence-corrected chi connectivity index (χ2v) is 6.25. The minimum Gasteiger partial charge on any atom is -0.493 e. The highest BCUT2D eigenvalue weighted by Gasteiger charge is 2.24. The van der Waals surface area contributed by atoms with E-state index in [9.17, 15) is 4.79 Å². The molecule has 0 bridgehead atoms. The summed E-state index contributed by atoms with van der Waals surface area (Å²) in [7, 11) is 1.77. The Morgan fingerprint density at radius 2 is 2.21 bits per heavy atom. The minimum absolute atomic E-state index is 0.0428. The summed E-state index contributed by atoms with van der Waals surface area (Å²) in [5, 5.41) is 7.93. The Balaban J connectivity index is 1.75. The number of aryl methyl sites for hydroxylation is 3. The number of ether oxygens (including phenoxy) is 1. The van der Waals surface area contributed by atoms with Crippen LogP contribution in [0.3, 0.4) is 0 Å². The maximum Gasteiger partial charge on any atom is 0.263 e. The van der Waals surface area contributed by atoms with Crippen molar-refractivity contribution in [1.82, 2.24) is 19.7 Å². The van der Waals surface area contributed by atoms with Crippen molar-refractivity contribution in [3.63, 3.8) is 0 Å². The Bertz CT molecular complexity index is 989. The molecule has 0 saturated heterocycles. The molecular weight excluding hydrogens is 306 g/mol. The minimum atomic E-state index is -0.191. The van der Waals surface area contributed by atoms with E-state index in [2.05, 4.69) is 46.4 Å². The van der Waals surface area contributed by atoms with Crippen LogP contribution in [0.4, 0.5) is 5.95 Å². The van der Waals surface area contributed by atoms with Gasteiger partial charge in [0.2, 0.25) is 5.95 Å². The van der Waals surface area contributed by atoms with E-state index in [-0.39, 0.29) is 11.6 Å². The van der Waals surface area contributed by atoms with Gasteiger partial charge in [-0.1, -0.05) is 17.7 Å². The zero-order valence-electron chi connectivity index (χ0n) is 13.9. The number of fused-ring (bicyclic) bond motifs is 2. The molecule has 124 valence electrons. The third-order valence-corrected chi connectivity index (χ3v) is 4.39. The van der Waals surface area contributed by atoms with Crippen molar-refractivity contribution in [2.75, 3.05) is 11.9 Å². The van der Waals surface area contributed by atoms with Gasteiger partial charge < -0.3 is 10.1 Å². The second kappa shape index (κ2) is 5.36. The van der Waals surface area contributed by atoms with Gasteiger partial charge in [0.1, 0.15) is 11.1 Å². The number of aromatic nitrogens is 4. The van der Waals surface area contributed by atoms with Gasteiger partial charge in [-0.2, -0.15) is 10.1 Å². The van der Waals surface area contributed by atoms with Crippen LogP contribution in [0.5, 0.6) is 5.75 Å². The first-order chi connectivity index (χ1) is 11.5. The third kappa shape index (κ3) is 2.33. The molecule has 3 aromatic rings. The van der Waals surface area contributed by atoms with Crippen LogP contribution in [0.2, 0.25) is 0 Å². The maximum atomic E-state index is 12.2. The molecule has 1 aromatic carbocycles. The molecule has 24 heavy (non-hydrogen) atoms. The monoisotopic (exact) mass is 325 g/mol. The number of rotatable bonds is 2. The SMILES string of the molecule is Cc1cc(C)c2c(c1)[C@H](Nc1nc3c(cnn3C)c(=O)[nH]1)CCO2. The second-order valence-electron chi connectivity index (χ2n) is 6.25. The largest absolute Gasteiger partial charge is 0.493 e. The summed E-state index contributed by atoms with van der Waals surface area (Å²) in [6.45, 7) is 4.75. The van der Waals surface area contributed by atoms with Gasteiger partial charge >= 0.3 is 0 Å². The quantitative estimate of drug-likeness (QED) is 0.754. The molecule has 0 spiro atoms. The van der Waals surface area contributed by atoms with Gasteiger partial charge in [0.05, 0.1) is 18.8 Å². The van der Waals surface area contributed by atoms with Crippen LogP contribution in [-0.4, -0.2) is 26.4 Å². The van der Waals surface area contributed by atoms with E-state index in [1.165, 1.54) is 11.8 Å². The molecular formula is C17H19N5O2. The molecule has 2 N–H and O–H groups in total. The van der Waals surface area contributed by atoms with Crippen LogP contribution >= 0.6 is 0 Å². The number of H-pyrrole nitrogens is 1. The Kier molecular flexibility index (Phi) is 3.30. The van der Waals surface area contributed by atoms with Crippen LogP contribution in [0.25, 0.3) is 11.0 Å². The summed E-state index contributed by atoms with van der Waals surface area (Å²) in [5.74, 6) is 1.38. The Labute approximate surface area is 138 Å². The van der Waals surface area contributed by atoms with Crippen molar-refractivity contribution < 1.29 is 4.74 Å². The highest BCUT2D eigenvalue weighted by molar-refractivity contribution is 5.74. The van der Waals surface area contributed by atoms with E-state index in [1.54, 1.807) is 11.7 Å². The predicted octanol–water partition coefficient (Wildman–Crippen LogP) is 2.21. The summed E-state index contributed by atoms with van der Waals surface area (Å²) in [4.78, 5) is 19.5. The molecule has 3 heterocycles. The number of nitrogens with one attached hydrogen (secondary N) is 2. The first kappa shape index (κ1) is 14.7. The number of anilines is 1. The predicted molar refractivity (Wildman–Crippen MR) is 91.5 cm³/mol. The molecule has 1 aliphatic heterocycles. The number of benzene rings is 1. The molecule has 2 aromatic heterocycles. The van der Waals surface area contributed by atoms with E-state index >= 15 is 0 Å². The lowest BCUT2D eigenvalue weighted by Crippen LogP contribution is -2.23. The molecule has 0 saturated carbocycles. The van der Waals surface area contributed by atoms with Crippen LogP contribution in [0, 0.1) is 13.8 Å². The van der Waals surface area contributed by atoms with E-state index in [4.69, 9.17) is 4.74 Å². The summed E-state index contributed by atoms with van der Waals surface area (Å²) in [5.41, 5.74) is 3.79. The normalized spacial score (nSPS) is 16.7. The van der Waals surface area contributed by atoms with Crippen LogP contribution in [0.15, 0.2) is 23.1 Å². The maximum absolute atomic E-state index is 12.2. The molecule has 1 atom stereocenters. The van der Waals surface area contributed by atoms with Crippen LogP contribution in [-0.2, 0) is 7.05 Å². The standard InChI is InChI=1S/C17H19N5O2/c1-9-6-10(2)14-11(7-9)13(4-5-24-14)19-17-20-15-12(16(23)21-17)8-18-22(15)3/h6-8,13H,4-5H2,1-3H3,(H2,19,20,21,23)/t13-/m1/s1. The summed E-state index contributed by atoms with van der Waals surface area (Å²) in [6, 6.07) is 4.28. The number of nitrogens with zero attached hydrogens (tertiary/aromatic N) is 3. The number of aromatic amines is 1. The highest BCUT2D eigenvalue weighted by atomic mass is 16.5. The lowest BCUT2D eigenvalue weighted by Gasteiger charge is -2.28. The number of hydrogen-bond donors (Lipinski definition) is 2. The van der Waals surface area contributed by atoms with Crippen molar-refractivity contribution in [2.24, 2.45) is 7.05 Å². The van der Waals surface area contributed by atoms with E-state index in [1.807, 2.05) is 0 Å². The summed E-state index contributed by atoms with van der Waals surface area (Å²) in [6.07, 6.45) is 2.34.